The summed E-state index contributed by atoms with van der Waals surface area (Å²) in [6, 6.07) is 5.23. The van der Waals surface area contributed by atoms with Gasteiger partial charge in [-0.1, -0.05) is 13.0 Å². The molecule has 0 amide bonds. The number of benzene rings is 1. The molecule has 1 aliphatic carbocycles. The first kappa shape index (κ1) is 14.2. The monoisotopic (exact) mass is 354 g/mol. The molecule has 0 saturated heterocycles. The molecule has 5 heteroatoms. The highest BCUT2D eigenvalue weighted by Gasteiger charge is 2.23. The molecule has 2 nitrogen and oxygen atoms in total. The highest BCUT2D eigenvalue weighted by atomic mass is 79.9. The summed E-state index contributed by atoms with van der Waals surface area (Å²) in [5.74, 6) is -0.231. The molecule has 1 aromatic heterocycles. The van der Waals surface area contributed by atoms with E-state index in [-0.39, 0.29) is 11.9 Å². The molecule has 0 aliphatic heterocycles. The van der Waals surface area contributed by atoms with Gasteiger partial charge in [-0.3, -0.25) is 0 Å². The maximum absolute atomic E-state index is 13.4. The second-order valence-electron chi connectivity index (χ2n) is 4.94. The normalized spacial score (nSPS) is 15.3. The van der Waals surface area contributed by atoms with Crippen molar-refractivity contribution >= 4 is 27.3 Å². The van der Waals surface area contributed by atoms with E-state index in [1.54, 1.807) is 11.3 Å². The van der Waals surface area contributed by atoms with E-state index < -0.39 is 0 Å². The molecular weight excluding hydrogens is 339 g/mol. The van der Waals surface area contributed by atoms with E-state index in [0.717, 1.165) is 30.0 Å². The van der Waals surface area contributed by atoms with Crippen LogP contribution in [0.2, 0.25) is 0 Å². The second-order valence-corrected chi connectivity index (χ2v) is 6.91. The van der Waals surface area contributed by atoms with Crippen LogP contribution in [0.4, 0.5) is 4.39 Å². The largest absolute Gasteiger partial charge is 0.305 e. The number of aryl methyl sites for hydroxylation is 2. The number of hydrogen-bond donors (Lipinski definition) is 1. The summed E-state index contributed by atoms with van der Waals surface area (Å²) in [5, 5.41) is 4.55. The quantitative estimate of drug-likeness (QED) is 0.888. The van der Waals surface area contributed by atoms with E-state index in [0.29, 0.717) is 4.47 Å². The second kappa shape index (κ2) is 5.92. The summed E-state index contributed by atoms with van der Waals surface area (Å²) >= 11 is 5.06. The van der Waals surface area contributed by atoms with Crippen LogP contribution < -0.4 is 5.32 Å². The zero-order valence-corrected chi connectivity index (χ0v) is 13.7. The van der Waals surface area contributed by atoms with Crippen molar-refractivity contribution in [1.82, 2.24) is 10.3 Å². The minimum atomic E-state index is -0.231. The van der Waals surface area contributed by atoms with Gasteiger partial charge in [0.25, 0.3) is 0 Å². The van der Waals surface area contributed by atoms with Crippen LogP contribution in [0.25, 0.3) is 0 Å². The van der Waals surface area contributed by atoms with Crippen molar-refractivity contribution in [3.63, 3.8) is 0 Å². The van der Waals surface area contributed by atoms with E-state index in [2.05, 4.69) is 28.2 Å². The van der Waals surface area contributed by atoms with Gasteiger partial charge in [0.15, 0.2) is 0 Å². The van der Waals surface area contributed by atoms with Crippen molar-refractivity contribution in [2.45, 2.75) is 32.2 Å². The molecule has 1 aromatic carbocycles. The number of rotatable bonds is 4. The molecular formula is C15H16BrFN2S. The molecule has 1 unspecified atom stereocenters. The number of thiazole rings is 1. The van der Waals surface area contributed by atoms with Crippen LogP contribution in [0, 0.1) is 5.82 Å². The molecule has 0 spiro atoms. The Labute approximate surface area is 130 Å². The first-order valence-corrected chi connectivity index (χ1v) is 8.46. The fourth-order valence-electron chi connectivity index (χ4n) is 2.58. The molecule has 3 rings (SSSR count). The molecule has 0 saturated carbocycles. The highest BCUT2D eigenvalue weighted by molar-refractivity contribution is 9.10. The van der Waals surface area contributed by atoms with E-state index in [4.69, 9.17) is 4.98 Å². The Bertz CT molecular complexity index is 605. The minimum absolute atomic E-state index is 0.0486. The molecule has 0 radical (unpaired) electrons. The van der Waals surface area contributed by atoms with Crippen molar-refractivity contribution in [2.24, 2.45) is 0 Å². The topological polar surface area (TPSA) is 24.9 Å². The molecule has 0 bridgehead atoms. The van der Waals surface area contributed by atoms with E-state index >= 15 is 0 Å². The third kappa shape index (κ3) is 2.67. The predicted molar refractivity (Wildman–Crippen MR) is 83.8 cm³/mol. The van der Waals surface area contributed by atoms with Crippen molar-refractivity contribution in [1.29, 1.82) is 0 Å². The van der Waals surface area contributed by atoms with Gasteiger partial charge in [-0.15, -0.1) is 11.3 Å². The summed E-state index contributed by atoms with van der Waals surface area (Å²) in [6.45, 7) is 2.93. The first-order valence-electron chi connectivity index (χ1n) is 6.86. The lowest BCUT2D eigenvalue weighted by atomic mass is 10.1. The highest BCUT2D eigenvalue weighted by Crippen LogP contribution is 2.34. The van der Waals surface area contributed by atoms with E-state index in [9.17, 15) is 4.39 Å². The van der Waals surface area contributed by atoms with Gasteiger partial charge in [0.05, 0.1) is 16.2 Å². The zero-order valence-electron chi connectivity index (χ0n) is 11.2. The van der Waals surface area contributed by atoms with Crippen molar-refractivity contribution in [3.8, 4) is 0 Å². The van der Waals surface area contributed by atoms with Crippen LogP contribution >= 0.6 is 27.3 Å². The van der Waals surface area contributed by atoms with Crippen LogP contribution in [0.3, 0.4) is 0 Å². The lowest BCUT2D eigenvalue weighted by molar-refractivity contribution is 0.606. The fraction of sp³-hybridized carbons (Fsp3) is 0.400. The van der Waals surface area contributed by atoms with E-state index in [1.165, 1.54) is 23.1 Å². The fourth-order valence-corrected chi connectivity index (χ4v) is 4.23. The zero-order chi connectivity index (χ0) is 14.1. The Morgan fingerprint density at radius 1 is 1.45 bits per heavy atom. The van der Waals surface area contributed by atoms with E-state index in [1.807, 2.05) is 12.1 Å². The van der Waals surface area contributed by atoms with Gasteiger partial charge >= 0.3 is 0 Å². The Kier molecular flexibility index (Phi) is 4.19. The minimum Gasteiger partial charge on any atom is -0.305 e. The van der Waals surface area contributed by atoms with Crippen LogP contribution in [-0.4, -0.2) is 11.5 Å². The van der Waals surface area contributed by atoms with Gasteiger partial charge in [-0.05, 0) is 59.4 Å². The summed E-state index contributed by atoms with van der Waals surface area (Å²) in [6.07, 6.45) is 3.47. The first-order chi connectivity index (χ1) is 9.69. The van der Waals surface area contributed by atoms with Gasteiger partial charge in [0.2, 0.25) is 0 Å². The lowest BCUT2D eigenvalue weighted by Crippen LogP contribution is -2.22. The number of aromatic nitrogens is 1. The van der Waals surface area contributed by atoms with Crippen LogP contribution in [0.5, 0.6) is 0 Å². The average molecular weight is 355 g/mol. The third-order valence-electron chi connectivity index (χ3n) is 3.54. The van der Waals surface area contributed by atoms with Crippen molar-refractivity contribution < 1.29 is 4.39 Å². The van der Waals surface area contributed by atoms with Crippen LogP contribution in [-0.2, 0) is 12.8 Å². The predicted octanol–water partition coefficient (Wildman–Crippen LogP) is 4.23. The van der Waals surface area contributed by atoms with Gasteiger partial charge in [0, 0.05) is 4.88 Å². The maximum atomic E-state index is 13.4. The van der Waals surface area contributed by atoms with Crippen LogP contribution in [0.15, 0.2) is 22.7 Å². The Morgan fingerprint density at radius 3 is 3.00 bits per heavy atom. The molecule has 1 atom stereocenters. The smallest absolute Gasteiger partial charge is 0.137 e. The maximum Gasteiger partial charge on any atom is 0.137 e. The molecule has 1 N–H and O–H groups in total. The number of halogens is 2. The Hall–Kier alpha value is -0.780. The number of hydrogen-bond acceptors (Lipinski definition) is 3. The van der Waals surface area contributed by atoms with Crippen molar-refractivity contribution in [3.05, 3.63) is 49.6 Å². The van der Waals surface area contributed by atoms with Gasteiger partial charge < -0.3 is 5.32 Å². The molecule has 2 aromatic rings. The summed E-state index contributed by atoms with van der Waals surface area (Å²) in [5.41, 5.74) is 2.31. The van der Waals surface area contributed by atoms with Gasteiger partial charge in [0.1, 0.15) is 10.8 Å². The Morgan fingerprint density at radius 2 is 2.30 bits per heavy atom. The molecule has 1 heterocycles. The number of nitrogens with one attached hydrogen (secondary N) is 1. The standard InChI is InChI=1S/C15H16BrFN2S/c1-2-18-14(9-6-7-11(17)10(16)8-9)15-19-12-4-3-5-13(12)20-15/h6-8,14,18H,2-5H2,1H3. The SMILES string of the molecule is CCNC(c1ccc(F)c(Br)c1)c1nc2c(s1)CCC2. The molecule has 20 heavy (non-hydrogen) atoms. The number of nitrogens with zero attached hydrogens (tertiary/aromatic N) is 1. The third-order valence-corrected chi connectivity index (χ3v) is 5.37. The average Bonchev–Trinajstić information content (AvgIpc) is 3.00. The summed E-state index contributed by atoms with van der Waals surface area (Å²) in [7, 11) is 0. The molecule has 106 valence electrons. The molecule has 0 fully saturated rings. The summed E-state index contributed by atoms with van der Waals surface area (Å²) < 4.78 is 13.9. The van der Waals surface area contributed by atoms with Crippen LogP contribution in [0.1, 0.15) is 40.5 Å². The lowest BCUT2D eigenvalue weighted by Gasteiger charge is -2.16. The Balaban J connectivity index is 1.96. The van der Waals surface area contributed by atoms with Crippen molar-refractivity contribution in [2.75, 3.05) is 6.54 Å². The van der Waals surface area contributed by atoms with Gasteiger partial charge in [-0.25, -0.2) is 9.37 Å². The number of fused-ring (bicyclic) bond motifs is 1. The van der Waals surface area contributed by atoms with Gasteiger partial charge in [-0.2, -0.15) is 0 Å². The molecule has 1 aliphatic rings. The summed E-state index contributed by atoms with van der Waals surface area (Å²) in [4.78, 5) is 6.21.